The van der Waals surface area contributed by atoms with Gasteiger partial charge < -0.3 is 84.2 Å². The molecule has 4 aliphatic heterocycles. The number of aliphatic hydroxyl groups excluding tert-OH is 9. The third-order valence-electron chi connectivity index (χ3n) is 8.05. The van der Waals surface area contributed by atoms with Crippen molar-refractivity contribution >= 4 is 5.97 Å². The van der Waals surface area contributed by atoms with Crippen molar-refractivity contribution in [3.63, 3.8) is 0 Å². The van der Waals surface area contributed by atoms with Gasteiger partial charge in [0.1, 0.15) is 61.0 Å². The number of carboxylic acid groups (broad SMARTS) is 1. The number of rotatable bonds is 10. The minimum absolute atomic E-state index is 0.198. The van der Waals surface area contributed by atoms with Crippen molar-refractivity contribution < 1.29 is 89.0 Å². The molecule has 20 nitrogen and oxygen atoms in total. The molecule has 4 fully saturated rings. The maximum atomic E-state index is 12.0. The molecule has 254 valence electrons. The van der Waals surface area contributed by atoms with Crippen LogP contribution in [0.4, 0.5) is 0 Å². The van der Waals surface area contributed by atoms with Crippen LogP contribution >= 0.6 is 0 Å². The third kappa shape index (κ3) is 7.36. The molecule has 0 bridgehead atoms. The number of carboxylic acids is 1. The molecule has 0 aromatic carbocycles. The lowest BCUT2D eigenvalue weighted by molar-refractivity contribution is -0.377. The fourth-order valence-electron chi connectivity index (χ4n) is 5.51. The molecule has 0 unspecified atom stereocenters. The van der Waals surface area contributed by atoms with E-state index in [0.29, 0.717) is 0 Å². The molecule has 0 amide bonds. The Morgan fingerprint density at radius 3 is 1.98 bits per heavy atom. The number of ether oxygens (including phenoxy) is 7. The van der Waals surface area contributed by atoms with Crippen LogP contribution in [0.2, 0.25) is 0 Å². The van der Waals surface area contributed by atoms with Gasteiger partial charge in [0.05, 0.1) is 25.4 Å². The van der Waals surface area contributed by atoms with Gasteiger partial charge >= 0.3 is 5.97 Å². The minimum atomic E-state index is -1.95. The number of nitrogens with zero attached hydrogens (tertiary/aromatic N) is 1. The summed E-state index contributed by atoms with van der Waals surface area (Å²) in [6, 6.07) is -1.74. The van der Waals surface area contributed by atoms with Gasteiger partial charge in [-0.25, -0.2) is 4.79 Å². The summed E-state index contributed by atoms with van der Waals surface area (Å²) < 4.78 is 38.7. The molecule has 0 aliphatic carbocycles. The van der Waals surface area contributed by atoms with Crippen molar-refractivity contribution in [2.45, 2.75) is 130 Å². The summed E-state index contributed by atoms with van der Waals surface area (Å²) in [5.41, 5.74) is 0. The molecular formula is C24H39NO19. The van der Waals surface area contributed by atoms with Gasteiger partial charge in [0.2, 0.25) is 0 Å². The number of aliphatic hydroxyl groups is 9. The molecule has 44 heavy (non-hydrogen) atoms. The maximum absolute atomic E-state index is 12.0. The second-order valence-corrected chi connectivity index (χ2v) is 11.0. The highest BCUT2D eigenvalue weighted by Gasteiger charge is 2.54. The predicted molar refractivity (Wildman–Crippen MR) is 134 cm³/mol. The standard InChI is InChI=1S/C24H39NO19/c1-6-14(29)7(28)2-12(38-6)39-9-3-8(19(21(34)35)43-22(9)36)40-24-20(18(33)16(31)11(5-27)42-24)44-23-17(32)13(25-37)15(30)10(4-26)41-23/h6-20,22-24,26-33,36H,2-5H2,1H3,(H,34,35)/t6-,7-,8-,9+,10+,11+,12-,13-,14-,15+,16-,17+,18-,19-,20+,22+,23-,24+/m0/s1. The highest BCUT2D eigenvalue weighted by atomic mass is 16.8. The summed E-state index contributed by atoms with van der Waals surface area (Å²) in [4.78, 5) is 23.3. The van der Waals surface area contributed by atoms with Crippen molar-refractivity contribution in [3.05, 3.63) is 4.91 Å². The molecule has 0 saturated carbocycles. The largest absolute Gasteiger partial charge is 0.479 e. The van der Waals surface area contributed by atoms with Gasteiger partial charge in [-0.2, -0.15) is 4.91 Å². The Bertz CT molecular complexity index is 950. The van der Waals surface area contributed by atoms with Crippen molar-refractivity contribution in [2.75, 3.05) is 13.2 Å². The van der Waals surface area contributed by atoms with Crippen molar-refractivity contribution in [2.24, 2.45) is 5.18 Å². The van der Waals surface area contributed by atoms with Crippen molar-refractivity contribution in [3.8, 4) is 0 Å². The summed E-state index contributed by atoms with van der Waals surface area (Å²) in [7, 11) is 0. The Morgan fingerprint density at radius 1 is 0.750 bits per heavy atom. The van der Waals surface area contributed by atoms with Crippen LogP contribution in [0.25, 0.3) is 0 Å². The summed E-state index contributed by atoms with van der Waals surface area (Å²) in [5, 5.41) is 104. The molecule has 0 aromatic heterocycles. The van der Waals surface area contributed by atoms with E-state index in [2.05, 4.69) is 5.18 Å². The molecule has 4 saturated heterocycles. The third-order valence-corrected chi connectivity index (χ3v) is 8.05. The SMILES string of the molecule is C[C@@H]1O[C@@H](O[C@@H]2C[C@H](O[C@@H]3O[C@H](CO)[C@H](O)[C@H](O)[C@H]3O[C@@H]3O[C@H](CO)[C@@H](O)[C@H](N=O)[C@H]3O)[C@@H](C(=O)O)O[C@H]2O)C[C@H](O)[C@H]1O. The molecule has 4 rings (SSSR count). The molecule has 0 spiro atoms. The molecule has 18 atom stereocenters. The van der Waals surface area contributed by atoms with Gasteiger partial charge in [0, 0.05) is 12.8 Å². The lowest BCUT2D eigenvalue weighted by Crippen LogP contribution is -2.65. The number of carbonyl (C=O) groups is 1. The molecular weight excluding hydrogens is 606 g/mol. The summed E-state index contributed by atoms with van der Waals surface area (Å²) in [6.07, 6.45) is -27.5. The van der Waals surface area contributed by atoms with Crippen molar-refractivity contribution in [1.82, 2.24) is 0 Å². The average molecular weight is 646 g/mol. The average Bonchev–Trinajstić information content (AvgIpc) is 2.98. The van der Waals surface area contributed by atoms with E-state index in [4.69, 9.17) is 33.2 Å². The van der Waals surface area contributed by atoms with Gasteiger partial charge in [0.25, 0.3) is 0 Å². The summed E-state index contributed by atoms with van der Waals surface area (Å²) in [5.74, 6) is -1.59. The first-order valence-corrected chi connectivity index (χ1v) is 13.9. The zero-order valence-corrected chi connectivity index (χ0v) is 23.3. The van der Waals surface area contributed by atoms with E-state index in [0.717, 1.165) is 0 Å². The summed E-state index contributed by atoms with van der Waals surface area (Å²) >= 11 is 0. The van der Waals surface area contributed by atoms with Gasteiger partial charge in [-0.3, -0.25) is 0 Å². The van der Waals surface area contributed by atoms with Crippen LogP contribution in [0, 0.1) is 4.91 Å². The van der Waals surface area contributed by atoms with Crippen LogP contribution in [-0.4, -0.2) is 181 Å². The maximum Gasteiger partial charge on any atom is 0.335 e. The number of hydrogen-bond acceptors (Lipinski definition) is 19. The fourth-order valence-corrected chi connectivity index (χ4v) is 5.51. The van der Waals surface area contributed by atoms with Crippen LogP contribution in [0.15, 0.2) is 5.18 Å². The highest BCUT2D eigenvalue weighted by Crippen LogP contribution is 2.34. The fraction of sp³-hybridized carbons (Fsp3) is 0.958. The Hall–Kier alpha value is -1.57. The molecule has 0 aromatic rings. The van der Waals surface area contributed by atoms with Gasteiger partial charge in [-0.05, 0) is 6.92 Å². The van der Waals surface area contributed by atoms with Crippen LogP contribution in [-0.2, 0) is 38.0 Å². The van der Waals surface area contributed by atoms with E-state index in [1.807, 2.05) is 0 Å². The minimum Gasteiger partial charge on any atom is -0.479 e. The van der Waals surface area contributed by atoms with Crippen molar-refractivity contribution in [1.29, 1.82) is 0 Å². The zero-order chi connectivity index (χ0) is 32.5. The van der Waals surface area contributed by atoms with Crippen LogP contribution in [0.1, 0.15) is 19.8 Å². The van der Waals surface area contributed by atoms with Gasteiger partial charge in [0.15, 0.2) is 37.3 Å². The Labute approximate surface area is 249 Å². The summed E-state index contributed by atoms with van der Waals surface area (Å²) in [6.45, 7) is -0.199. The van der Waals surface area contributed by atoms with Gasteiger partial charge in [-0.1, -0.05) is 5.18 Å². The lowest BCUT2D eigenvalue weighted by atomic mass is 9.96. The van der Waals surface area contributed by atoms with Crippen LogP contribution < -0.4 is 0 Å². The first-order chi connectivity index (χ1) is 20.8. The van der Waals surface area contributed by atoms with Gasteiger partial charge in [-0.15, -0.1) is 0 Å². The first kappa shape index (κ1) is 35.3. The highest BCUT2D eigenvalue weighted by molar-refractivity contribution is 5.73. The molecule has 4 aliphatic rings. The number of nitroso groups, excluding NO2 is 1. The van der Waals surface area contributed by atoms with E-state index in [1.165, 1.54) is 6.92 Å². The second-order valence-electron chi connectivity index (χ2n) is 11.0. The predicted octanol–water partition coefficient (Wildman–Crippen LogP) is -5.80. The number of aliphatic carboxylic acids is 1. The molecule has 4 heterocycles. The monoisotopic (exact) mass is 645 g/mol. The first-order valence-electron chi connectivity index (χ1n) is 13.9. The Kier molecular flexibility index (Phi) is 11.9. The van der Waals surface area contributed by atoms with E-state index in [1.54, 1.807) is 0 Å². The quantitative estimate of drug-likeness (QED) is 0.0989. The van der Waals surface area contributed by atoms with E-state index >= 15 is 0 Å². The molecule has 0 radical (unpaired) electrons. The topological polar surface area (TPSA) is 313 Å². The van der Waals surface area contributed by atoms with Crippen LogP contribution in [0.3, 0.4) is 0 Å². The smallest absolute Gasteiger partial charge is 0.335 e. The van der Waals surface area contributed by atoms with E-state index < -0.39 is 136 Å². The molecule has 10 N–H and O–H groups in total. The zero-order valence-electron chi connectivity index (χ0n) is 23.3. The normalized spacial score (nSPS) is 50.2. The second kappa shape index (κ2) is 14.9. The molecule has 20 heteroatoms. The van der Waals surface area contributed by atoms with E-state index in [-0.39, 0.29) is 6.42 Å². The van der Waals surface area contributed by atoms with E-state index in [9.17, 15) is 60.8 Å². The Balaban J connectivity index is 1.55. The van der Waals surface area contributed by atoms with Crippen LogP contribution in [0.5, 0.6) is 0 Å². The number of hydrogen-bond donors (Lipinski definition) is 10. The lowest BCUT2D eigenvalue weighted by Gasteiger charge is -2.47. The Morgan fingerprint density at radius 2 is 1.39 bits per heavy atom.